The molecule has 4 rings (SSSR count). The second-order valence-electron chi connectivity index (χ2n) is 6.85. The molecule has 1 aliphatic heterocycles. The largest absolute Gasteiger partial charge is 0.493 e. The number of methoxy groups -OCH3 is 1. The lowest BCUT2D eigenvalue weighted by atomic mass is 10.0. The summed E-state index contributed by atoms with van der Waals surface area (Å²) >= 11 is 0. The highest BCUT2D eigenvalue weighted by atomic mass is 16.5. The number of rotatable bonds is 6. The van der Waals surface area contributed by atoms with Gasteiger partial charge in [0.1, 0.15) is 6.17 Å². The molecule has 1 atom stereocenters. The molecular formula is C24H24N2O3. The van der Waals surface area contributed by atoms with Crippen molar-refractivity contribution in [1.82, 2.24) is 4.90 Å². The quantitative estimate of drug-likeness (QED) is 0.655. The lowest BCUT2D eigenvalue weighted by Gasteiger charge is -2.38. The minimum Gasteiger partial charge on any atom is -0.493 e. The summed E-state index contributed by atoms with van der Waals surface area (Å²) in [7, 11) is 1.62. The number of fused-ring (bicyclic) bond motifs is 1. The van der Waals surface area contributed by atoms with Crippen LogP contribution in [0, 0.1) is 0 Å². The number of nitrogens with one attached hydrogen (secondary N) is 1. The van der Waals surface area contributed by atoms with Gasteiger partial charge in [0.2, 0.25) is 0 Å². The molecule has 1 heterocycles. The summed E-state index contributed by atoms with van der Waals surface area (Å²) in [6, 6.07) is 23.4. The molecule has 0 saturated heterocycles. The number of hydrogen-bond donors (Lipinski definition) is 1. The van der Waals surface area contributed by atoms with E-state index in [4.69, 9.17) is 9.47 Å². The van der Waals surface area contributed by atoms with E-state index in [1.54, 1.807) is 7.11 Å². The molecule has 1 aliphatic rings. The highest BCUT2D eigenvalue weighted by Gasteiger charge is 2.33. The Hall–Kier alpha value is -3.47. The van der Waals surface area contributed by atoms with Crippen LogP contribution >= 0.6 is 0 Å². The second-order valence-corrected chi connectivity index (χ2v) is 6.85. The van der Waals surface area contributed by atoms with Crippen molar-refractivity contribution in [2.75, 3.05) is 19.0 Å². The first-order valence-corrected chi connectivity index (χ1v) is 9.72. The topological polar surface area (TPSA) is 50.8 Å². The van der Waals surface area contributed by atoms with E-state index < -0.39 is 0 Å². The van der Waals surface area contributed by atoms with Crippen molar-refractivity contribution >= 4 is 11.6 Å². The van der Waals surface area contributed by atoms with Gasteiger partial charge < -0.3 is 19.7 Å². The van der Waals surface area contributed by atoms with E-state index in [9.17, 15) is 4.79 Å². The molecule has 5 heteroatoms. The van der Waals surface area contributed by atoms with Gasteiger partial charge in [-0.1, -0.05) is 48.5 Å². The average Bonchev–Trinajstić information content (AvgIpc) is 2.77. The van der Waals surface area contributed by atoms with Crippen molar-refractivity contribution in [3.8, 4) is 11.5 Å². The third-order valence-corrected chi connectivity index (χ3v) is 5.02. The summed E-state index contributed by atoms with van der Waals surface area (Å²) in [6.45, 7) is 3.00. The molecule has 0 aliphatic carbocycles. The number of amides is 1. The Balaban J connectivity index is 1.75. The number of ether oxygens (including phenoxy) is 2. The fourth-order valence-electron chi connectivity index (χ4n) is 3.63. The fourth-order valence-corrected chi connectivity index (χ4v) is 3.63. The zero-order valence-electron chi connectivity index (χ0n) is 16.6. The lowest BCUT2D eigenvalue weighted by Crippen LogP contribution is -2.42. The molecule has 3 aromatic carbocycles. The predicted octanol–water partition coefficient (Wildman–Crippen LogP) is 4.86. The summed E-state index contributed by atoms with van der Waals surface area (Å²) in [5.74, 6) is 1.34. The Labute approximate surface area is 170 Å². The molecule has 148 valence electrons. The van der Waals surface area contributed by atoms with E-state index in [1.165, 1.54) is 0 Å². The monoisotopic (exact) mass is 388 g/mol. The summed E-state index contributed by atoms with van der Waals surface area (Å²) in [6.07, 6.45) is -0.317. The molecular weight excluding hydrogens is 364 g/mol. The van der Waals surface area contributed by atoms with E-state index in [-0.39, 0.29) is 12.1 Å². The maximum atomic E-state index is 13.4. The number of hydrogen-bond acceptors (Lipinski definition) is 4. The molecule has 0 fully saturated rings. The van der Waals surface area contributed by atoms with E-state index in [2.05, 4.69) is 5.32 Å². The summed E-state index contributed by atoms with van der Waals surface area (Å²) in [4.78, 5) is 15.2. The Morgan fingerprint density at radius 3 is 2.48 bits per heavy atom. The maximum Gasteiger partial charge on any atom is 0.258 e. The number of carbonyl (C=O) groups excluding carboxylic acids is 1. The highest BCUT2D eigenvalue weighted by Crippen LogP contribution is 2.37. The van der Waals surface area contributed by atoms with Gasteiger partial charge in [-0.15, -0.1) is 0 Å². The predicted molar refractivity (Wildman–Crippen MR) is 113 cm³/mol. The minimum absolute atomic E-state index is 0.000977. The van der Waals surface area contributed by atoms with Gasteiger partial charge in [-0.05, 0) is 42.3 Å². The van der Waals surface area contributed by atoms with Crippen LogP contribution in [0.4, 0.5) is 5.69 Å². The van der Waals surface area contributed by atoms with E-state index in [0.717, 1.165) is 16.8 Å². The van der Waals surface area contributed by atoms with Crippen molar-refractivity contribution in [2.24, 2.45) is 0 Å². The Morgan fingerprint density at radius 1 is 0.966 bits per heavy atom. The smallest absolute Gasteiger partial charge is 0.258 e. The van der Waals surface area contributed by atoms with Crippen LogP contribution in [0.15, 0.2) is 72.8 Å². The first-order chi connectivity index (χ1) is 14.2. The van der Waals surface area contributed by atoms with Gasteiger partial charge in [-0.2, -0.15) is 0 Å². The lowest BCUT2D eigenvalue weighted by molar-refractivity contribution is 0.0666. The van der Waals surface area contributed by atoms with E-state index in [0.29, 0.717) is 30.2 Å². The molecule has 0 aromatic heterocycles. The molecule has 0 bridgehead atoms. The number of carbonyl (C=O) groups is 1. The van der Waals surface area contributed by atoms with Crippen LogP contribution in [-0.4, -0.2) is 24.5 Å². The highest BCUT2D eigenvalue weighted by molar-refractivity contribution is 6.01. The second kappa shape index (κ2) is 8.27. The first kappa shape index (κ1) is 18.9. The number of anilines is 1. The van der Waals surface area contributed by atoms with Crippen LogP contribution in [0.25, 0.3) is 0 Å². The van der Waals surface area contributed by atoms with Crippen LogP contribution in [-0.2, 0) is 6.54 Å². The van der Waals surface area contributed by atoms with Gasteiger partial charge in [-0.25, -0.2) is 0 Å². The molecule has 0 unspecified atom stereocenters. The zero-order valence-corrected chi connectivity index (χ0v) is 16.6. The standard InChI is InChI=1S/C24H24N2O3/c1-3-29-21-14-13-18(15-22(21)28-2)23-25-20-12-8-7-11-19(20)24(27)26(23)16-17-9-5-4-6-10-17/h4-15,23,25H,3,16H2,1-2H3/t23-/m1/s1. The maximum absolute atomic E-state index is 13.4. The normalized spacial score (nSPS) is 15.4. The van der Waals surface area contributed by atoms with Crippen molar-refractivity contribution < 1.29 is 14.3 Å². The zero-order chi connectivity index (χ0) is 20.2. The molecule has 0 saturated carbocycles. The van der Waals surface area contributed by atoms with E-state index >= 15 is 0 Å². The number of nitrogens with zero attached hydrogens (tertiary/aromatic N) is 1. The first-order valence-electron chi connectivity index (χ1n) is 9.72. The fraction of sp³-hybridized carbons (Fsp3) is 0.208. The van der Waals surface area contributed by atoms with Gasteiger partial charge >= 0.3 is 0 Å². The van der Waals surface area contributed by atoms with Gasteiger partial charge in [0, 0.05) is 12.2 Å². The van der Waals surface area contributed by atoms with Gasteiger partial charge in [0.25, 0.3) is 5.91 Å². The van der Waals surface area contributed by atoms with Crippen molar-refractivity contribution in [2.45, 2.75) is 19.6 Å². The van der Waals surface area contributed by atoms with Crippen LogP contribution < -0.4 is 14.8 Å². The summed E-state index contributed by atoms with van der Waals surface area (Å²) in [5.41, 5.74) is 3.52. The summed E-state index contributed by atoms with van der Waals surface area (Å²) in [5, 5.41) is 3.53. The van der Waals surface area contributed by atoms with Crippen molar-refractivity contribution in [3.05, 3.63) is 89.5 Å². The molecule has 1 N–H and O–H groups in total. The summed E-state index contributed by atoms with van der Waals surface area (Å²) < 4.78 is 11.2. The van der Waals surface area contributed by atoms with Crippen LogP contribution in [0.1, 0.15) is 34.6 Å². The number of para-hydroxylation sites is 1. The van der Waals surface area contributed by atoms with Gasteiger partial charge in [0.05, 0.1) is 19.3 Å². The molecule has 29 heavy (non-hydrogen) atoms. The van der Waals surface area contributed by atoms with E-state index in [1.807, 2.05) is 84.6 Å². The minimum atomic E-state index is -0.317. The molecule has 0 radical (unpaired) electrons. The third-order valence-electron chi connectivity index (χ3n) is 5.02. The molecule has 0 spiro atoms. The van der Waals surface area contributed by atoms with Crippen LogP contribution in [0.2, 0.25) is 0 Å². The van der Waals surface area contributed by atoms with Crippen molar-refractivity contribution in [1.29, 1.82) is 0 Å². The Bertz CT molecular complexity index is 1000. The molecule has 3 aromatic rings. The molecule has 1 amide bonds. The van der Waals surface area contributed by atoms with Gasteiger partial charge in [-0.3, -0.25) is 4.79 Å². The Kier molecular flexibility index (Phi) is 5.38. The van der Waals surface area contributed by atoms with Gasteiger partial charge in [0.15, 0.2) is 11.5 Å². The van der Waals surface area contributed by atoms with Crippen molar-refractivity contribution in [3.63, 3.8) is 0 Å². The third kappa shape index (κ3) is 3.76. The SMILES string of the molecule is CCOc1ccc([C@@H]2Nc3ccccc3C(=O)N2Cc2ccccc2)cc1OC. The number of benzene rings is 3. The van der Waals surface area contributed by atoms with Crippen LogP contribution in [0.5, 0.6) is 11.5 Å². The molecule has 5 nitrogen and oxygen atoms in total. The average molecular weight is 388 g/mol. The Morgan fingerprint density at radius 2 is 1.72 bits per heavy atom. The van der Waals surface area contributed by atoms with Crippen LogP contribution in [0.3, 0.4) is 0 Å².